The Labute approximate surface area is 150 Å². The van der Waals surface area contributed by atoms with Crippen LogP contribution in [0.25, 0.3) is 0 Å². The maximum Gasteiger partial charge on any atom is 0.326 e. The van der Waals surface area contributed by atoms with E-state index in [0.717, 1.165) is 4.90 Å². The van der Waals surface area contributed by atoms with E-state index in [2.05, 4.69) is 10.6 Å². The number of likely N-dealkylation sites (N-methyl/N-ethyl adjacent to an activating group) is 2. The van der Waals surface area contributed by atoms with E-state index in [9.17, 15) is 19.2 Å². The van der Waals surface area contributed by atoms with E-state index in [1.165, 1.54) is 19.0 Å². The molecule has 0 aliphatic carbocycles. The summed E-state index contributed by atoms with van der Waals surface area (Å²) in [5, 5.41) is 5.60. The fraction of sp³-hybridized carbons (Fsp3) is 0.375. The van der Waals surface area contributed by atoms with Crippen LogP contribution in [0.2, 0.25) is 5.02 Å². The number of rotatable bonds is 6. The minimum atomic E-state index is -0.796. The predicted molar refractivity (Wildman–Crippen MR) is 91.1 cm³/mol. The van der Waals surface area contributed by atoms with Crippen LogP contribution in [0.15, 0.2) is 24.3 Å². The van der Waals surface area contributed by atoms with E-state index in [0.29, 0.717) is 10.6 Å². The molecule has 1 aromatic carbocycles. The first-order valence-corrected chi connectivity index (χ1v) is 8.04. The molecule has 2 rings (SSSR count). The van der Waals surface area contributed by atoms with Crippen molar-refractivity contribution in [3.63, 3.8) is 0 Å². The molecule has 1 aromatic rings. The average Bonchev–Trinajstić information content (AvgIpc) is 2.77. The largest absolute Gasteiger partial charge is 0.354 e. The minimum absolute atomic E-state index is 0.121. The van der Waals surface area contributed by atoms with Crippen molar-refractivity contribution in [1.29, 1.82) is 0 Å². The Bertz CT molecular complexity index is 709. The van der Waals surface area contributed by atoms with Crippen LogP contribution in [0.1, 0.15) is 16.8 Å². The zero-order valence-corrected chi connectivity index (χ0v) is 14.7. The van der Waals surface area contributed by atoms with E-state index < -0.39 is 18.0 Å². The minimum Gasteiger partial charge on any atom is -0.354 e. The van der Waals surface area contributed by atoms with Gasteiger partial charge in [0.25, 0.3) is 11.8 Å². The lowest BCUT2D eigenvalue weighted by Gasteiger charge is -2.15. The number of nitrogens with one attached hydrogen (secondary N) is 2. The third-order valence-corrected chi connectivity index (χ3v) is 4.23. The van der Waals surface area contributed by atoms with Crippen LogP contribution in [0.4, 0.5) is 4.79 Å². The Morgan fingerprint density at radius 1 is 1.12 bits per heavy atom. The van der Waals surface area contributed by atoms with Gasteiger partial charge in [-0.3, -0.25) is 19.3 Å². The van der Waals surface area contributed by atoms with Crippen molar-refractivity contribution in [2.45, 2.75) is 12.5 Å². The SMILES string of the molecule is CN1C(=O)[C@@H](CC(=O)NCCNC(=O)c2ccccc2Cl)N(C)C1=O. The maximum absolute atomic E-state index is 11.9. The molecule has 0 aromatic heterocycles. The fourth-order valence-electron chi connectivity index (χ4n) is 2.44. The Hall–Kier alpha value is -2.61. The van der Waals surface area contributed by atoms with Crippen LogP contribution in [0.3, 0.4) is 0 Å². The monoisotopic (exact) mass is 366 g/mol. The van der Waals surface area contributed by atoms with Gasteiger partial charge in [0.2, 0.25) is 5.91 Å². The standard InChI is InChI=1S/C16H19ClN4O4/c1-20-12(15(24)21(2)16(20)25)9-13(22)18-7-8-19-14(23)10-5-3-4-6-11(10)17/h3-6,12H,7-9H2,1-2H3,(H,18,22)(H,19,23)/t12-/m1/s1. The Morgan fingerprint density at radius 3 is 2.36 bits per heavy atom. The van der Waals surface area contributed by atoms with Gasteiger partial charge in [0.05, 0.1) is 17.0 Å². The van der Waals surface area contributed by atoms with Crippen LogP contribution < -0.4 is 10.6 Å². The molecule has 1 atom stereocenters. The summed E-state index contributed by atoms with van der Waals surface area (Å²) in [7, 11) is 2.86. The van der Waals surface area contributed by atoms with E-state index >= 15 is 0 Å². The van der Waals surface area contributed by atoms with Crippen molar-refractivity contribution in [3.05, 3.63) is 34.9 Å². The van der Waals surface area contributed by atoms with Gasteiger partial charge in [-0.05, 0) is 12.1 Å². The molecular weight excluding hydrogens is 348 g/mol. The van der Waals surface area contributed by atoms with Crippen molar-refractivity contribution in [1.82, 2.24) is 20.4 Å². The van der Waals surface area contributed by atoms with Gasteiger partial charge in [-0.15, -0.1) is 0 Å². The number of urea groups is 1. The van der Waals surface area contributed by atoms with Crippen molar-refractivity contribution in [3.8, 4) is 0 Å². The molecule has 1 heterocycles. The molecule has 1 aliphatic rings. The van der Waals surface area contributed by atoms with Gasteiger partial charge in [0.15, 0.2) is 0 Å². The second kappa shape index (κ2) is 7.98. The average molecular weight is 367 g/mol. The summed E-state index contributed by atoms with van der Waals surface area (Å²) < 4.78 is 0. The van der Waals surface area contributed by atoms with E-state index in [1.807, 2.05) is 0 Å². The van der Waals surface area contributed by atoms with Gasteiger partial charge in [-0.2, -0.15) is 0 Å². The zero-order valence-electron chi connectivity index (χ0n) is 13.9. The lowest BCUT2D eigenvalue weighted by atomic mass is 10.2. The lowest BCUT2D eigenvalue weighted by molar-refractivity contribution is -0.131. The van der Waals surface area contributed by atoms with Crippen LogP contribution in [-0.2, 0) is 9.59 Å². The van der Waals surface area contributed by atoms with E-state index in [-0.39, 0.29) is 31.3 Å². The molecule has 0 unspecified atom stereocenters. The fourth-order valence-corrected chi connectivity index (χ4v) is 2.67. The summed E-state index contributed by atoms with van der Waals surface area (Å²) in [6.45, 7) is 0.409. The van der Waals surface area contributed by atoms with Crippen LogP contribution in [0, 0.1) is 0 Å². The Morgan fingerprint density at radius 2 is 1.76 bits per heavy atom. The number of carbonyl (C=O) groups excluding carboxylic acids is 4. The summed E-state index contributed by atoms with van der Waals surface area (Å²) in [6, 6.07) is 5.42. The van der Waals surface area contributed by atoms with Gasteiger partial charge >= 0.3 is 6.03 Å². The van der Waals surface area contributed by atoms with Gasteiger partial charge in [-0.25, -0.2) is 4.79 Å². The molecule has 1 saturated heterocycles. The normalized spacial score (nSPS) is 17.0. The molecule has 5 amide bonds. The first-order valence-electron chi connectivity index (χ1n) is 7.66. The molecule has 8 nitrogen and oxygen atoms in total. The molecule has 0 spiro atoms. The predicted octanol–water partition coefficient (Wildman–Crippen LogP) is 0.469. The highest BCUT2D eigenvalue weighted by Crippen LogP contribution is 2.16. The first-order chi connectivity index (χ1) is 11.8. The number of amides is 5. The zero-order chi connectivity index (χ0) is 18.6. The summed E-state index contributed by atoms with van der Waals surface area (Å²) in [5.74, 6) is -1.12. The lowest BCUT2D eigenvalue weighted by Crippen LogP contribution is -2.40. The highest BCUT2D eigenvalue weighted by molar-refractivity contribution is 6.33. The van der Waals surface area contributed by atoms with Gasteiger partial charge < -0.3 is 15.5 Å². The number of carbonyl (C=O) groups is 4. The van der Waals surface area contributed by atoms with Crippen molar-refractivity contribution in [2.75, 3.05) is 27.2 Å². The second-order valence-electron chi connectivity index (χ2n) is 5.60. The Kier molecular flexibility index (Phi) is 5.97. The third kappa shape index (κ3) is 4.27. The van der Waals surface area contributed by atoms with Crippen molar-refractivity contribution < 1.29 is 19.2 Å². The van der Waals surface area contributed by atoms with Gasteiger partial charge in [0, 0.05) is 27.2 Å². The number of imide groups is 1. The summed E-state index contributed by atoms with van der Waals surface area (Å²) >= 11 is 5.93. The van der Waals surface area contributed by atoms with Gasteiger partial charge in [0.1, 0.15) is 6.04 Å². The van der Waals surface area contributed by atoms with Crippen LogP contribution in [0.5, 0.6) is 0 Å². The topological polar surface area (TPSA) is 98.8 Å². The summed E-state index contributed by atoms with van der Waals surface area (Å²) in [5.41, 5.74) is 0.357. The van der Waals surface area contributed by atoms with Crippen molar-refractivity contribution >= 4 is 35.4 Å². The number of nitrogens with zero attached hydrogens (tertiary/aromatic N) is 2. The molecule has 1 fully saturated rings. The molecule has 0 radical (unpaired) electrons. The molecular formula is C16H19ClN4O4. The number of benzene rings is 1. The molecule has 134 valence electrons. The second-order valence-corrected chi connectivity index (χ2v) is 6.00. The summed E-state index contributed by atoms with van der Waals surface area (Å²) in [6.07, 6.45) is -0.121. The van der Waals surface area contributed by atoms with Crippen molar-refractivity contribution in [2.24, 2.45) is 0 Å². The first kappa shape index (κ1) is 18.7. The number of hydrogen-bond acceptors (Lipinski definition) is 4. The molecule has 25 heavy (non-hydrogen) atoms. The number of halogens is 1. The van der Waals surface area contributed by atoms with E-state index in [4.69, 9.17) is 11.6 Å². The van der Waals surface area contributed by atoms with Crippen LogP contribution >= 0.6 is 11.6 Å². The maximum atomic E-state index is 11.9. The smallest absolute Gasteiger partial charge is 0.326 e. The molecule has 1 aliphatic heterocycles. The number of hydrogen-bond donors (Lipinski definition) is 2. The van der Waals surface area contributed by atoms with Crippen LogP contribution in [-0.4, -0.2) is 66.8 Å². The molecule has 0 bridgehead atoms. The highest BCUT2D eigenvalue weighted by atomic mass is 35.5. The molecule has 0 saturated carbocycles. The third-order valence-electron chi connectivity index (χ3n) is 3.90. The Balaban J connectivity index is 1.74. The highest BCUT2D eigenvalue weighted by Gasteiger charge is 2.41. The van der Waals surface area contributed by atoms with E-state index in [1.54, 1.807) is 24.3 Å². The summed E-state index contributed by atoms with van der Waals surface area (Å²) in [4.78, 5) is 49.6. The molecule has 2 N–H and O–H groups in total. The van der Waals surface area contributed by atoms with Gasteiger partial charge in [-0.1, -0.05) is 23.7 Å². The molecule has 9 heteroatoms. The quantitative estimate of drug-likeness (QED) is 0.564.